The molecule has 1 aliphatic rings. The molecule has 0 unspecified atom stereocenters. The molecule has 2 N–H and O–H groups in total. The lowest BCUT2D eigenvalue weighted by atomic mass is 9.98. The second-order valence-corrected chi connectivity index (χ2v) is 8.80. The van der Waals surface area contributed by atoms with Crippen LogP contribution < -0.4 is 0 Å². The van der Waals surface area contributed by atoms with Crippen LogP contribution in [0.4, 0.5) is 0 Å². The number of benzene rings is 1. The summed E-state index contributed by atoms with van der Waals surface area (Å²) in [5, 5.41) is 11.2. The molecule has 8 nitrogen and oxygen atoms in total. The predicted octanol–water partition coefficient (Wildman–Crippen LogP) is 3.72. The van der Waals surface area contributed by atoms with Gasteiger partial charge in [0.1, 0.15) is 11.6 Å². The van der Waals surface area contributed by atoms with E-state index in [9.17, 15) is 9.90 Å². The number of aromatic nitrogens is 4. The number of aliphatic hydroxyl groups is 1. The number of halogens is 1. The van der Waals surface area contributed by atoms with Crippen molar-refractivity contribution in [3.05, 3.63) is 76.1 Å². The molecule has 4 heterocycles. The van der Waals surface area contributed by atoms with Crippen molar-refractivity contribution in [1.29, 1.82) is 0 Å². The molecule has 4 aromatic rings. The van der Waals surface area contributed by atoms with Crippen LogP contribution in [0.25, 0.3) is 10.9 Å². The molecule has 158 valence electrons. The lowest BCUT2D eigenvalue weighted by molar-refractivity contribution is 0.0440. The number of para-hydroxylation sites is 1. The summed E-state index contributed by atoms with van der Waals surface area (Å²) in [6.07, 6.45) is 2.28. The Morgan fingerprint density at radius 3 is 2.84 bits per heavy atom. The van der Waals surface area contributed by atoms with Crippen LogP contribution >= 0.6 is 15.9 Å². The number of rotatable bonds is 3. The van der Waals surface area contributed by atoms with Gasteiger partial charge in [-0.25, -0.2) is 9.97 Å². The van der Waals surface area contributed by atoms with Gasteiger partial charge in [-0.05, 0) is 41.9 Å². The molecule has 0 spiro atoms. The first kappa shape index (κ1) is 19.9. The normalized spacial score (nSPS) is 16.5. The molecule has 0 fully saturated rings. The summed E-state index contributed by atoms with van der Waals surface area (Å²) < 4.78 is 5.93. The van der Waals surface area contributed by atoms with Gasteiger partial charge in [0.15, 0.2) is 4.60 Å². The van der Waals surface area contributed by atoms with E-state index in [1.807, 2.05) is 36.4 Å². The van der Waals surface area contributed by atoms with Crippen molar-refractivity contribution in [2.45, 2.75) is 31.9 Å². The van der Waals surface area contributed by atoms with Crippen molar-refractivity contribution < 1.29 is 14.3 Å². The molecule has 9 heteroatoms. The minimum Gasteiger partial charge on any atom is -0.431 e. The number of oxazole rings is 1. The first-order chi connectivity index (χ1) is 14.8. The summed E-state index contributed by atoms with van der Waals surface area (Å²) in [5.41, 5.74) is 2.01. The van der Waals surface area contributed by atoms with E-state index in [4.69, 9.17) is 9.40 Å². The first-order valence-corrected chi connectivity index (χ1v) is 10.7. The average Bonchev–Trinajstić information content (AvgIpc) is 3.38. The lowest BCUT2D eigenvalue weighted by Crippen LogP contribution is -2.41. The number of carbonyl (C=O) groups excluding carboxylic acids is 1. The SMILES string of the molecule is CC(C)(O)c1nc(Br)c(C(=O)N2CCc3[nH]cnc3[C@H]2c2ccc3ccccc3n2)o1. The van der Waals surface area contributed by atoms with Gasteiger partial charge in [-0.2, -0.15) is 0 Å². The van der Waals surface area contributed by atoms with Crippen molar-refractivity contribution in [3.63, 3.8) is 0 Å². The number of carbonyl (C=O) groups is 1. The zero-order valence-corrected chi connectivity index (χ0v) is 18.5. The molecule has 1 amide bonds. The zero-order chi connectivity index (χ0) is 21.8. The Morgan fingerprint density at radius 2 is 2.06 bits per heavy atom. The number of pyridine rings is 1. The van der Waals surface area contributed by atoms with E-state index >= 15 is 0 Å². The first-order valence-electron chi connectivity index (χ1n) is 9.91. The van der Waals surface area contributed by atoms with Crippen molar-refractivity contribution >= 4 is 32.7 Å². The fourth-order valence-corrected chi connectivity index (χ4v) is 4.27. The fraction of sp³-hybridized carbons (Fsp3) is 0.273. The Morgan fingerprint density at radius 1 is 1.26 bits per heavy atom. The van der Waals surface area contributed by atoms with Crippen LogP contribution in [0.3, 0.4) is 0 Å². The Kier molecular flexibility index (Phi) is 4.67. The molecule has 0 aliphatic carbocycles. The number of imidazole rings is 1. The molecule has 5 rings (SSSR count). The number of hydrogen-bond donors (Lipinski definition) is 2. The van der Waals surface area contributed by atoms with Gasteiger partial charge in [-0.15, -0.1) is 0 Å². The highest BCUT2D eigenvalue weighted by Crippen LogP contribution is 2.36. The molecule has 31 heavy (non-hydrogen) atoms. The molecule has 3 aromatic heterocycles. The topological polar surface area (TPSA) is 108 Å². The third kappa shape index (κ3) is 3.43. The largest absolute Gasteiger partial charge is 0.431 e. The van der Waals surface area contributed by atoms with Crippen LogP contribution in [0, 0.1) is 0 Å². The molecular formula is C22H20BrN5O3. The molecule has 0 radical (unpaired) electrons. The van der Waals surface area contributed by atoms with E-state index in [2.05, 4.69) is 30.9 Å². The minimum atomic E-state index is -1.31. The van der Waals surface area contributed by atoms with Crippen LogP contribution in [0.5, 0.6) is 0 Å². The summed E-state index contributed by atoms with van der Waals surface area (Å²) in [6.45, 7) is 3.56. The van der Waals surface area contributed by atoms with E-state index in [0.717, 1.165) is 28.0 Å². The molecular weight excluding hydrogens is 462 g/mol. The summed E-state index contributed by atoms with van der Waals surface area (Å²) in [7, 11) is 0. The number of amides is 1. The van der Waals surface area contributed by atoms with E-state index in [0.29, 0.717) is 13.0 Å². The second-order valence-electron chi connectivity index (χ2n) is 8.04. The van der Waals surface area contributed by atoms with Crippen molar-refractivity contribution in [2.75, 3.05) is 6.54 Å². The van der Waals surface area contributed by atoms with Crippen LogP contribution in [-0.2, 0) is 12.0 Å². The van der Waals surface area contributed by atoms with Gasteiger partial charge in [0.25, 0.3) is 5.91 Å². The Labute approximate surface area is 186 Å². The molecule has 0 saturated carbocycles. The predicted molar refractivity (Wildman–Crippen MR) is 116 cm³/mol. The lowest BCUT2D eigenvalue weighted by Gasteiger charge is -2.34. The van der Waals surface area contributed by atoms with Crippen LogP contribution in [-0.4, -0.2) is 42.4 Å². The highest BCUT2D eigenvalue weighted by molar-refractivity contribution is 9.10. The molecule has 0 saturated heterocycles. The third-order valence-electron chi connectivity index (χ3n) is 5.39. The summed E-state index contributed by atoms with van der Waals surface area (Å²) in [5.74, 6) is -0.231. The number of nitrogens with zero attached hydrogens (tertiary/aromatic N) is 4. The van der Waals surface area contributed by atoms with Gasteiger partial charge in [0, 0.05) is 24.0 Å². The number of fused-ring (bicyclic) bond motifs is 2. The maximum absolute atomic E-state index is 13.6. The van der Waals surface area contributed by atoms with E-state index in [1.165, 1.54) is 0 Å². The molecule has 1 atom stereocenters. The van der Waals surface area contributed by atoms with E-state index < -0.39 is 11.6 Å². The molecule has 1 aromatic carbocycles. The summed E-state index contributed by atoms with van der Waals surface area (Å²) >= 11 is 3.31. The fourth-order valence-electron chi connectivity index (χ4n) is 3.85. The van der Waals surface area contributed by atoms with Gasteiger partial charge in [0.05, 0.1) is 23.2 Å². The van der Waals surface area contributed by atoms with Crippen molar-refractivity contribution in [1.82, 2.24) is 24.8 Å². The van der Waals surface area contributed by atoms with Gasteiger partial charge < -0.3 is 19.4 Å². The van der Waals surface area contributed by atoms with Crippen LogP contribution in [0.15, 0.2) is 51.7 Å². The number of H-pyrrole nitrogens is 1. The molecule has 1 aliphatic heterocycles. The smallest absolute Gasteiger partial charge is 0.293 e. The standard InChI is InChI=1S/C22H20BrN5O3/c1-22(2,30)21-27-19(23)18(31-21)20(29)28-10-9-14-16(25-11-24-14)17(28)15-8-7-12-5-3-4-6-13(12)26-15/h3-8,11,17,30H,9-10H2,1-2H3,(H,24,25)/t17-/m1/s1. The highest BCUT2D eigenvalue weighted by atomic mass is 79.9. The highest BCUT2D eigenvalue weighted by Gasteiger charge is 2.38. The van der Waals surface area contributed by atoms with E-state index in [-0.39, 0.29) is 22.2 Å². The van der Waals surface area contributed by atoms with Crippen LogP contribution in [0.1, 0.15) is 53.4 Å². The number of aromatic amines is 1. The van der Waals surface area contributed by atoms with Crippen molar-refractivity contribution in [3.8, 4) is 0 Å². The van der Waals surface area contributed by atoms with Gasteiger partial charge in [-0.1, -0.05) is 24.3 Å². The number of hydrogen-bond acceptors (Lipinski definition) is 6. The van der Waals surface area contributed by atoms with Gasteiger partial charge in [-0.3, -0.25) is 9.78 Å². The summed E-state index contributed by atoms with van der Waals surface area (Å²) in [6, 6.07) is 11.3. The number of nitrogens with one attached hydrogen (secondary N) is 1. The maximum atomic E-state index is 13.6. The van der Waals surface area contributed by atoms with E-state index in [1.54, 1.807) is 25.1 Å². The van der Waals surface area contributed by atoms with Crippen molar-refractivity contribution in [2.24, 2.45) is 0 Å². The minimum absolute atomic E-state index is 0.0434. The Balaban J connectivity index is 1.60. The Bertz CT molecular complexity index is 1290. The zero-order valence-electron chi connectivity index (χ0n) is 17.0. The second kappa shape index (κ2) is 7.28. The third-order valence-corrected chi connectivity index (χ3v) is 5.93. The average molecular weight is 482 g/mol. The Hall–Kier alpha value is -3.04. The quantitative estimate of drug-likeness (QED) is 0.461. The monoisotopic (exact) mass is 481 g/mol. The van der Waals surface area contributed by atoms with Gasteiger partial charge in [0.2, 0.25) is 11.7 Å². The maximum Gasteiger partial charge on any atom is 0.293 e. The summed E-state index contributed by atoms with van der Waals surface area (Å²) in [4.78, 5) is 31.9. The molecule has 0 bridgehead atoms. The van der Waals surface area contributed by atoms with Crippen LogP contribution in [0.2, 0.25) is 0 Å². The van der Waals surface area contributed by atoms with Gasteiger partial charge >= 0.3 is 0 Å².